The van der Waals surface area contributed by atoms with Crippen LogP contribution >= 0.6 is 0 Å². The first kappa shape index (κ1) is 9.05. The van der Waals surface area contributed by atoms with Crippen LogP contribution in [0, 0.1) is 5.92 Å². The minimum atomic E-state index is 0.957. The molecule has 3 aliphatic rings. The van der Waals surface area contributed by atoms with E-state index in [9.17, 15) is 0 Å². The van der Waals surface area contributed by atoms with Gasteiger partial charge in [0.25, 0.3) is 0 Å². The third-order valence-electron chi connectivity index (χ3n) is 3.04. The van der Waals surface area contributed by atoms with Gasteiger partial charge in [0.2, 0.25) is 0 Å². The van der Waals surface area contributed by atoms with Crippen LogP contribution in [0.5, 0.6) is 0 Å². The first-order chi connectivity index (χ1) is 5.27. The van der Waals surface area contributed by atoms with E-state index in [-0.39, 0.29) is 0 Å². The molecule has 2 saturated heterocycles. The SMILES string of the molecule is CC.CC1CC2CC(C1)N2C. The number of fused-ring (bicyclic) bond motifs is 2. The number of piperidine rings is 1. The number of hydrogen-bond donors (Lipinski definition) is 0. The monoisotopic (exact) mass is 155 g/mol. The van der Waals surface area contributed by atoms with Gasteiger partial charge in [-0.25, -0.2) is 0 Å². The summed E-state index contributed by atoms with van der Waals surface area (Å²) in [7, 11) is 2.27. The van der Waals surface area contributed by atoms with E-state index in [4.69, 9.17) is 0 Å². The summed E-state index contributed by atoms with van der Waals surface area (Å²) in [6.07, 6.45) is 4.39. The molecule has 1 saturated carbocycles. The lowest BCUT2D eigenvalue weighted by Gasteiger charge is -2.53. The molecule has 11 heavy (non-hydrogen) atoms. The topological polar surface area (TPSA) is 3.24 Å². The minimum Gasteiger partial charge on any atom is -0.300 e. The van der Waals surface area contributed by atoms with E-state index in [1.54, 1.807) is 0 Å². The largest absolute Gasteiger partial charge is 0.300 e. The number of rotatable bonds is 0. The second-order valence-corrected chi connectivity index (χ2v) is 3.79. The summed E-state index contributed by atoms with van der Waals surface area (Å²) in [4.78, 5) is 2.54. The van der Waals surface area contributed by atoms with Gasteiger partial charge in [0.15, 0.2) is 0 Å². The molecule has 3 rings (SSSR count). The molecule has 0 aromatic carbocycles. The molecule has 2 heterocycles. The van der Waals surface area contributed by atoms with Gasteiger partial charge in [0.05, 0.1) is 0 Å². The number of nitrogens with zero attached hydrogens (tertiary/aromatic N) is 1. The Labute approximate surface area is 70.8 Å². The Kier molecular flexibility index (Phi) is 2.94. The van der Waals surface area contributed by atoms with Crippen LogP contribution in [-0.2, 0) is 0 Å². The second kappa shape index (κ2) is 3.57. The Hall–Kier alpha value is -0.0400. The normalized spacial score (nSPS) is 42.0. The minimum absolute atomic E-state index is 0.957. The molecule has 1 nitrogen and oxygen atoms in total. The summed E-state index contributed by atoms with van der Waals surface area (Å²) in [6.45, 7) is 6.38. The fourth-order valence-electron chi connectivity index (χ4n) is 2.36. The van der Waals surface area contributed by atoms with Gasteiger partial charge in [-0.1, -0.05) is 20.8 Å². The molecule has 0 amide bonds. The molecule has 0 spiro atoms. The Morgan fingerprint density at radius 1 is 1.00 bits per heavy atom. The maximum absolute atomic E-state index is 2.54. The van der Waals surface area contributed by atoms with Crippen molar-refractivity contribution in [1.82, 2.24) is 4.90 Å². The summed E-state index contributed by atoms with van der Waals surface area (Å²) >= 11 is 0. The highest BCUT2D eigenvalue weighted by Crippen LogP contribution is 2.39. The standard InChI is InChI=1S/C8H15N.C2H6/c1-6-3-7-5-8(4-6)9(7)2;1-2/h6-8H,3-5H2,1-2H3;1-2H3. The molecule has 2 bridgehead atoms. The zero-order valence-electron chi connectivity index (χ0n) is 8.30. The molecule has 2 atom stereocenters. The van der Waals surface area contributed by atoms with E-state index < -0.39 is 0 Å². The van der Waals surface area contributed by atoms with Gasteiger partial charge in [-0.05, 0) is 32.2 Å². The summed E-state index contributed by atoms with van der Waals surface area (Å²) in [5.74, 6) is 1.00. The van der Waals surface area contributed by atoms with Crippen molar-refractivity contribution in [1.29, 1.82) is 0 Å². The van der Waals surface area contributed by atoms with E-state index in [2.05, 4.69) is 18.9 Å². The summed E-state index contributed by atoms with van der Waals surface area (Å²) in [5, 5.41) is 0. The van der Waals surface area contributed by atoms with Crippen LogP contribution < -0.4 is 0 Å². The van der Waals surface area contributed by atoms with Crippen LogP contribution in [-0.4, -0.2) is 24.0 Å². The lowest BCUT2D eigenvalue weighted by molar-refractivity contribution is -0.0258. The van der Waals surface area contributed by atoms with Gasteiger partial charge in [-0.2, -0.15) is 0 Å². The van der Waals surface area contributed by atoms with Gasteiger partial charge in [-0.3, -0.25) is 0 Å². The molecular formula is C10H21N. The van der Waals surface area contributed by atoms with Gasteiger partial charge in [-0.15, -0.1) is 0 Å². The predicted molar refractivity (Wildman–Crippen MR) is 49.7 cm³/mol. The molecule has 0 aromatic rings. The van der Waals surface area contributed by atoms with Gasteiger partial charge < -0.3 is 4.90 Å². The molecule has 0 aromatic heterocycles. The third-order valence-corrected chi connectivity index (χ3v) is 3.04. The van der Waals surface area contributed by atoms with Crippen molar-refractivity contribution in [3.63, 3.8) is 0 Å². The zero-order valence-corrected chi connectivity index (χ0v) is 8.30. The Balaban J connectivity index is 0.000000281. The quantitative estimate of drug-likeness (QED) is 0.519. The Bertz CT molecular complexity index is 110. The molecule has 2 aliphatic heterocycles. The number of hydrogen-bond acceptors (Lipinski definition) is 1. The molecule has 3 fully saturated rings. The van der Waals surface area contributed by atoms with Crippen LogP contribution in [0.2, 0.25) is 0 Å². The van der Waals surface area contributed by atoms with Crippen LogP contribution in [0.25, 0.3) is 0 Å². The zero-order chi connectivity index (χ0) is 8.43. The van der Waals surface area contributed by atoms with Crippen molar-refractivity contribution in [2.45, 2.75) is 52.1 Å². The van der Waals surface area contributed by atoms with E-state index >= 15 is 0 Å². The summed E-state index contributed by atoms with van der Waals surface area (Å²) in [6, 6.07) is 1.91. The highest BCUT2D eigenvalue weighted by molar-refractivity contribution is 4.96. The average Bonchev–Trinajstić information content (AvgIpc) is 2.07. The Morgan fingerprint density at radius 2 is 1.45 bits per heavy atom. The van der Waals surface area contributed by atoms with Crippen LogP contribution in [0.4, 0.5) is 0 Å². The van der Waals surface area contributed by atoms with Crippen molar-refractivity contribution in [2.24, 2.45) is 5.92 Å². The molecule has 2 unspecified atom stereocenters. The smallest absolute Gasteiger partial charge is 0.0113 e. The summed E-state index contributed by atoms with van der Waals surface area (Å²) in [5.41, 5.74) is 0. The first-order valence-electron chi connectivity index (χ1n) is 4.99. The molecular weight excluding hydrogens is 134 g/mol. The lowest BCUT2D eigenvalue weighted by Crippen LogP contribution is -2.58. The maximum atomic E-state index is 2.54. The van der Waals surface area contributed by atoms with E-state index in [0.717, 1.165) is 18.0 Å². The lowest BCUT2D eigenvalue weighted by atomic mass is 9.75. The fourth-order valence-corrected chi connectivity index (χ4v) is 2.36. The highest BCUT2D eigenvalue weighted by Gasteiger charge is 2.40. The van der Waals surface area contributed by atoms with Crippen molar-refractivity contribution in [2.75, 3.05) is 7.05 Å². The Morgan fingerprint density at radius 3 is 1.73 bits per heavy atom. The first-order valence-corrected chi connectivity index (χ1v) is 4.99. The van der Waals surface area contributed by atoms with E-state index in [0.29, 0.717) is 0 Å². The van der Waals surface area contributed by atoms with Crippen LogP contribution in [0.1, 0.15) is 40.0 Å². The van der Waals surface area contributed by atoms with Crippen LogP contribution in [0.15, 0.2) is 0 Å². The van der Waals surface area contributed by atoms with Crippen molar-refractivity contribution >= 4 is 0 Å². The van der Waals surface area contributed by atoms with Gasteiger partial charge in [0.1, 0.15) is 0 Å². The third kappa shape index (κ3) is 1.58. The predicted octanol–water partition coefficient (Wildman–Crippen LogP) is 2.52. The van der Waals surface area contributed by atoms with Crippen molar-refractivity contribution < 1.29 is 0 Å². The fraction of sp³-hybridized carbons (Fsp3) is 1.00. The average molecular weight is 155 g/mol. The highest BCUT2D eigenvalue weighted by atomic mass is 15.2. The van der Waals surface area contributed by atoms with Crippen molar-refractivity contribution in [3.05, 3.63) is 0 Å². The molecule has 66 valence electrons. The van der Waals surface area contributed by atoms with E-state index in [1.165, 1.54) is 19.3 Å². The molecule has 1 heteroatoms. The summed E-state index contributed by atoms with van der Waals surface area (Å²) < 4.78 is 0. The van der Waals surface area contributed by atoms with Crippen LogP contribution in [0.3, 0.4) is 0 Å². The second-order valence-electron chi connectivity index (χ2n) is 3.79. The molecule has 0 radical (unpaired) electrons. The van der Waals surface area contributed by atoms with Gasteiger partial charge in [0, 0.05) is 12.1 Å². The van der Waals surface area contributed by atoms with E-state index in [1.807, 2.05) is 13.8 Å². The molecule has 1 aliphatic carbocycles. The maximum Gasteiger partial charge on any atom is 0.0113 e. The van der Waals surface area contributed by atoms with Crippen molar-refractivity contribution in [3.8, 4) is 0 Å². The van der Waals surface area contributed by atoms with Gasteiger partial charge >= 0.3 is 0 Å². The molecule has 0 N–H and O–H groups in total.